The van der Waals surface area contributed by atoms with Gasteiger partial charge in [0.05, 0.1) is 0 Å². The quantitative estimate of drug-likeness (QED) is 0.845. The first kappa shape index (κ1) is 12.3. The maximum absolute atomic E-state index is 4.27. The van der Waals surface area contributed by atoms with Crippen molar-refractivity contribution in [1.29, 1.82) is 0 Å². The second-order valence-corrected chi connectivity index (χ2v) is 4.80. The number of rotatable bonds is 5. The Labute approximate surface area is 103 Å². The first-order chi connectivity index (χ1) is 8.29. The Balaban J connectivity index is 1.87. The van der Waals surface area contributed by atoms with Crippen LogP contribution in [0, 0.1) is 0 Å². The van der Waals surface area contributed by atoms with E-state index in [2.05, 4.69) is 40.2 Å². The average molecular weight is 234 g/mol. The molecule has 4 nitrogen and oxygen atoms in total. The molecule has 1 aliphatic rings. The lowest BCUT2D eigenvalue weighted by Crippen LogP contribution is -2.31. The van der Waals surface area contributed by atoms with Crippen LogP contribution < -0.4 is 5.32 Å². The summed E-state index contributed by atoms with van der Waals surface area (Å²) >= 11 is 0. The maximum atomic E-state index is 4.27. The highest BCUT2D eigenvalue weighted by molar-refractivity contribution is 5.35. The molecule has 0 bridgehead atoms. The summed E-state index contributed by atoms with van der Waals surface area (Å²) in [5, 5.41) is 3.42. The van der Waals surface area contributed by atoms with Gasteiger partial charge in [-0.15, -0.1) is 0 Å². The first-order valence-electron chi connectivity index (χ1n) is 6.54. The minimum Gasteiger partial charge on any atom is -0.368 e. The molecule has 1 aliphatic heterocycles. The first-order valence-corrected chi connectivity index (χ1v) is 6.54. The van der Waals surface area contributed by atoms with E-state index in [-0.39, 0.29) is 0 Å². The Hall–Kier alpha value is -1.16. The van der Waals surface area contributed by atoms with Crippen LogP contribution in [0.5, 0.6) is 0 Å². The minimum atomic E-state index is 0.652. The summed E-state index contributed by atoms with van der Waals surface area (Å²) in [6.07, 6.45) is 6.41. The maximum Gasteiger partial charge on any atom is 0.129 e. The second kappa shape index (κ2) is 5.96. The second-order valence-electron chi connectivity index (χ2n) is 4.80. The highest BCUT2D eigenvalue weighted by atomic mass is 15.2. The van der Waals surface area contributed by atoms with Crippen LogP contribution >= 0.6 is 0 Å². The van der Waals surface area contributed by atoms with Gasteiger partial charge in [0.2, 0.25) is 0 Å². The number of hydrogen-bond donors (Lipinski definition) is 1. The van der Waals surface area contributed by atoms with Crippen molar-refractivity contribution in [1.82, 2.24) is 14.9 Å². The summed E-state index contributed by atoms with van der Waals surface area (Å²) in [5.41, 5.74) is 1.13. The number of likely N-dealkylation sites (N-methyl/N-ethyl adjacent to an activating group) is 1. The lowest BCUT2D eigenvalue weighted by atomic mass is 10.2. The van der Waals surface area contributed by atoms with Crippen LogP contribution in [0.4, 0.5) is 5.82 Å². The molecule has 4 heteroatoms. The zero-order chi connectivity index (χ0) is 12.1. The van der Waals surface area contributed by atoms with Crippen molar-refractivity contribution in [2.24, 2.45) is 0 Å². The zero-order valence-corrected chi connectivity index (χ0v) is 10.8. The zero-order valence-electron chi connectivity index (χ0n) is 10.8. The van der Waals surface area contributed by atoms with E-state index in [0.717, 1.165) is 30.9 Å². The molecule has 1 aromatic heterocycles. The molecule has 0 radical (unpaired) electrons. The molecule has 0 spiro atoms. The summed E-state index contributed by atoms with van der Waals surface area (Å²) in [6, 6.07) is 2.72. The number of nitrogens with zero attached hydrogens (tertiary/aromatic N) is 3. The molecule has 0 aromatic carbocycles. The Morgan fingerprint density at radius 1 is 1.47 bits per heavy atom. The van der Waals surface area contributed by atoms with Gasteiger partial charge >= 0.3 is 0 Å². The van der Waals surface area contributed by atoms with E-state index in [9.17, 15) is 0 Å². The van der Waals surface area contributed by atoms with E-state index in [0.29, 0.717) is 6.04 Å². The van der Waals surface area contributed by atoms with Crippen LogP contribution in [-0.2, 0) is 6.42 Å². The van der Waals surface area contributed by atoms with Gasteiger partial charge in [-0.25, -0.2) is 9.97 Å². The SMILES string of the molecule is CCCc1cc(NCC2CCCN2C)ncn1. The van der Waals surface area contributed by atoms with E-state index in [1.807, 2.05) is 0 Å². The third-order valence-electron chi connectivity index (χ3n) is 3.42. The van der Waals surface area contributed by atoms with E-state index < -0.39 is 0 Å². The van der Waals surface area contributed by atoms with Crippen molar-refractivity contribution < 1.29 is 0 Å². The van der Waals surface area contributed by atoms with Gasteiger partial charge in [-0.05, 0) is 32.9 Å². The molecular weight excluding hydrogens is 212 g/mol. The molecule has 1 aromatic rings. The van der Waals surface area contributed by atoms with Crippen molar-refractivity contribution in [3.63, 3.8) is 0 Å². The molecule has 0 aliphatic carbocycles. The van der Waals surface area contributed by atoms with E-state index in [1.165, 1.54) is 19.4 Å². The largest absolute Gasteiger partial charge is 0.368 e. The molecule has 2 rings (SSSR count). The van der Waals surface area contributed by atoms with Crippen LogP contribution in [0.15, 0.2) is 12.4 Å². The van der Waals surface area contributed by atoms with Gasteiger partial charge < -0.3 is 10.2 Å². The molecule has 1 N–H and O–H groups in total. The third-order valence-corrected chi connectivity index (χ3v) is 3.42. The van der Waals surface area contributed by atoms with Gasteiger partial charge in [0, 0.05) is 24.3 Å². The lowest BCUT2D eigenvalue weighted by molar-refractivity contribution is 0.322. The van der Waals surface area contributed by atoms with Gasteiger partial charge in [-0.1, -0.05) is 13.3 Å². The van der Waals surface area contributed by atoms with Crippen molar-refractivity contribution in [2.75, 3.05) is 25.5 Å². The van der Waals surface area contributed by atoms with Crippen LogP contribution in [0.1, 0.15) is 31.9 Å². The van der Waals surface area contributed by atoms with Crippen molar-refractivity contribution in [2.45, 2.75) is 38.6 Å². The fraction of sp³-hybridized carbons (Fsp3) is 0.692. The van der Waals surface area contributed by atoms with Gasteiger partial charge in [0.15, 0.2) is 0 Å². The molecule has 0 amide bonds. The van der Waals surface area contributed by atoms with E-state index in [1.54, 1.807) is 6.33 Å². The summed E-state index contributed by atoms with van der Waals surface area (Å²) in [5.74, 6) is 0.962. The summed E-state index contributed by atoms with van der Waals surface area (Å²) < 4.78 is 0. The standard InChI is InChI=1S/C13H22N4/c1-3-5-11-8-13(16-10-15-11)14-9-12-6-4-7-17(12)2/h8,10,12H,3-7,9H2,1-2H3,(H,14,15,16). The summed E-state index contributed by atoms with van der Waals surface area (Å²) in [6.45, 7) is 4.37. The van der Waals surface area contributed by atoms with E-state index >= 15 is 0 Å². The van der Waals surface area contributed by atoms with Crippen LogP contribution in [0.2, 0.25) is 0 Å². The predicted octanol–water partition coefficient (Wildman–Crippen LogP) is 1.94. The third kappa shape index (κ3) is 3.40. The fourth-order valence-electron chi connectivity index (χ4n) is 2.35. The Bertz CT molecular complexity index is 353. The van der Waals surface area contributed by atoms with Crippen LogP contribution in [0.3, 0.4) is 0 Å². The molecule has 1 atom stereocenters. The molecule has 94 valence electrons. The number of aryl methyl sites for hydroxylation is 1. The van der Waals surface area contributed by atoms with Gasteiger partial charge in [-0.3, -0.25) is 0 Å². The molecule has 1 saturated heterocycles. The Morgan fingerprint density at radius 3 is 3.06 bits per heavy atom. The van der Waals surface area contributed by atoms with Crippen LogP contribution in [0.25, 0.3) is 0 Å². The minimum absolute atomic E-state index is 0.652. The fourth-order valence-corrected chi connectivity index (χ4v) is 2.35. The van der Waals surface area contributed by atoms with Crippen LogP contribution in [-0.4, -0.2) is 41.0 Å². The Kier molecular flexibility index (Phi) is 4.31. The molecule has 1 unspecified atom stereocenters. The number of likely N-dealkylation sites (tertiary alicyclic amines) is 1. The van der Waals surface area contributed by atoms with Crippen molar-refractivity contribution >= 4 is 5.82 Å². The molecule has 2 heterocycles. The monoisotopic (exact) mass is 234 g/mol. The lowest BCUT2D eigenvalue weighted by Gasteiger charge is -2.19. The number of aromatic nitrogens is 2. The molecule has 17 heavy (non-hydrogen) atoms. The van der Waals surface area contributed by atoms with Gasteiger partial charge in [0.1, 0.15) is 12.1 Å². The molecule has 0 saturated carbocycles. The number of nitrogens with one attached hydrogen (secondary N) is 1. The molecule has 1 fully saturated rings. The smallest absolute Gasteiger partial charge is 0.129 e. The average Bonchev–Trinajstić information content (AvgIpc) is 2.73. The van der Waals surface area contributed by atoms with Gasteiger partial charge in [0.25, 0.3) is 0 Å². The topological polar surface area (TPSA) is 41.0 Å². The predicted molar refractivity (Wildman–Crippen MR) is 70.2 cm³/mol. The Morgan fingerprint density at radius 2 is 2.35 bits per heavy atom. The number of hydrogen-bond acceptors (Lipinski definition) is 4. The van der Waals surface area contributed by atoms with Gasteiger partial charge in [-0.2, -0.15) is 0 Å². The highest BCUT2D eigenvalue weighted by Gasteiger charge is 2.20. The van der Waals surface area contributed by atoms with Crippen molar-refractivity contribution in [3.8, 4) is 0 Å². The number of anilines is 1. The van der Waals surface area contributed by atoms with Crippen molar-refractivity contribution in [3.05, 3.63) is 18.1 Å². The summed E-state index contributed by atoms with van der Waals surface area (Å²) in [7, 11) is 2.20. The normalized spacial score (nSPS) is 20.7. The van der Waals surface area contributed by atoms with E-state index in [4.69, 9.17) is 0 Å². The summed E-state index contributed by atoms with van der Waals surface area (Å²) in [4.78, 5) is 10.9. The highest BCUT2D eigenvalue weighted by Crippen LogP contribution is 2.15. The molecular formula is C13H22N4.